The van der Waals surface area contributed by atoms with E-state index in [0.717, 1.165) is 10.8 Å². The predicted molar refractivity (Wildman–Crippen MR) is 61.1 cm³/mol. The minimum atomic E-state index is -0.975. The van der Waals surface area contributed by atoms with Crippen molar-refractivity contribution in [2.45, 2.75) is 13.5 Å². The molecule has 8 heteroatoms. The van der Waals surface area contributed by atoms with Crippen LogP contribution in [0.2, 0.25) is 0 Å². The third-order valence-electron chi connectivity index (χ3n) is 2.25. The molecule has 2 N–H and O–H groups in total. The van der Waals surface area contributed by atoms with E-state index in [-0.39, 0.29) is 5.92 Å². The number of nitrogens with one attached hydrogen (secondary N) is 2. The van der Waals surface area contributed by atoms with Gasteiger partial charge in [0.25, 0.3) is 0 Å². The van der Waals surface area contributed by atoms with Crippen LogP contribution in [0.15, 0.2) is 15.8 Å². The molecule has 0 radical (unpaired) electrons. The van der Waals surface area contributed by atoms with Crippen molar-refractivity contribution in [3.63, 3.8) is 0 Å². The van der Waals surface area contributed by atoms with Gasteiger partial charge in [-0.15, -0.1) is 0 Å². The summed E-state index contributed by atoms with van der Waals surface area (Å²) < 4.78 is 1.14. The molecule has 0 amide bonds. The van der Waals surface area contributed by atoms with E-state index in [1.54, 1.807) is 7.05 Å². The van der Waals surface area contributed by atoms with Crippen molar-refractivity contribution >= 4 is 5.69 Å². The summed E-state index contributed by atoms with van der Waals surface area (Å²) in [6.07, 6.45) is 0.979. The maximum absolute atomic E-state index is 11.4. The van der Waals surface area contributed by atoms with Crippen molar-refractivity contribution in [3.8, 4) is 0 Å². The zero-order chi connectivity index (χ0) is 13.0. The quantitative estimate of drug-likeness (QED) is 0.524. The van der Waals surface area contributed by atoms with Crippen molar-refractivity contribution in [2.24, 2.45) is 5.92 Å². The number of nitrogens with zero attached hydrogens (tertiary/aromatic N) is 2. The lowest BCUT2D eigenvalue weighted by atomic mass is 10.2. The number of nitro groups is 1. The minimum absolute atomic E-state index is 0.114. The number of hydrogen-bond donors (Lipinski definition) is 2. The van der Waals surface area contributed by atoms with Crippen molar-refractivity contribution in [2.75, 3.05) is 13.6 Å². The lowest BCUT2D eigenvalue weighted by Crippen LogP contribution is -2.33. The normalized spacial score (nSPS) is 12.4. The number of hydrogen-bond acceptors (Lipinski definition) is 5. The van der Waals surface area contributed by atoms with Gasteiger partial charge in [0, 0.05) is 6.54 Å². The van der Waals surface area contributed by atoms with Gasteiger partial charge in [-0.05, 0) is 19.5 Å². The first-order valence-corrected chi connectivity index (χ1v) is 5.08. The average molecular weight is 242 g/mol. The topological polar surface area (TPSA) is 110 Å². The van der Waals surface area contributed by atoms with Crippen LogP contribution < -0.4 is 16.6 Å². The van der Waals surface area contributed by atoms with Gasteiger partial charge in [0.05, 0.1) is 11.1 Å². The Balaban J connectivity index is 3.08. The fourth-order valence-electron chi connectivity index (χ4n) is 1.51. The Morgan fingerprint density at radius 2 is 2.24 bits per heavy atom. The molecule has 0 fully saturated rings. The van der Waals surface area contributed by atoms with Crippen LogP contribution in [0.1, 0.15) is 6.92 Å². The molecule has 1 rings (SSSR count). The van der Waals surface area contributed by atoms with Crippen molar-refractivity contribution in [3.05, 3.63) is 37.1 Å². The maximum atomic E-state index is 11.4. The van der Waals surface area contributed by atoms with Gasteiger partial charge in [-0.3, -0.25) is 24.5 Å². The van der Waals surface area contributed by atoms with E-state index < -0.39 is 21.9 Å². The van der Waals surface area contributed by atoms with Crippen molar-refractivity contribution in [1.82, 2.24) is 14.9 Å². The van der Waals surface area contributed by atoms with Crippen molar-refractivity contribution in [1.29, 1.82) is 0 Å². The number of rotatable bonds is 5. The Morgan fingerprint density at radius 3 is 2.76 bits per heavy atom. The number of aromatic nitrogens is 2. The van der Waals surface area contributed by atoms with Crippen LogP contribution in [-0.4, -0.2) is 28.1 Å². The molecule has 0 aromatic carbocycles. The molecular weight excluding hydrogens is 228 g/mol. The monoisotopic (exact) mass is 242 g/mol. The molecule has 94 valence electrons. The molecule has 1 aromatic heterocycles. The van der Waals surface area contributed by atoms with E-state index in [4.69, 9.17) is 0 Å². The molecule has 0 bridgehead atoms. The SMILES string of the molecule is CNCC(C)Cn1cc([N+](=O)[O-])c(=O)[nH]c1=O. The van der Waals surface area contributed by atoms with Crippen LogP contribution >= 0.6 is 0 Å². The molecule has 0 aliphatic carbocycles. The largest absolute Gasteiger partial charge is 0.350 e. The lowest BCUT2D eigenvalue weighted by Gasteiger charge is -2.11. The molecule has 0 saturated heterocycles. The van der Waals surface area contributed by atoms with E-state index in [0.29, 0.717) is 13.1 Å². The number of H-pyrrole nitrogens is 1. The first-order chi connectivity index (χ1) is 7.95. The molecule has 0 spiro atoms. The molecule has 0 aliphatic rings. The smallest absolute Gasteiger partial charge is 0.319 e. The second-order valence-electron chi connectivity index (χ2n) is 3.85. The molecule has 1 aromatic rings. The summed E-state index contributed by atoms with van der Waals surface area (Å²) in [5.41, 5.74) is -2.23. The summed E-state index contributed by atoms with van der Waals surface area (Å²) in [6.45, 7) is 2.86. The van der Waals surface area contributed by atoms with E-state index in [9.17, 15) is 19.7 Å². The summed E-state index contributed by atoms with van der Waals surface area (Å²) in [6, 6.07) is 0. The Hall–Kier alpha value is -1.96. The van der Waals surface area contributed by atoms with Crippen molar-refractivity contribution < 1.29 is 4.92 Å². The Kier molecular flexibility index (Phi) is 4.16. The predicted octanol–water partition coefficient (Wildman–Crippen LogP) is -0.700. The third kappa shape index (κ3) is 3.25. The van der Waals surface area contributed by atoms with Crippen LogP contribution in [0, 0.1) is 16.0 Å². The van der Waals surface area contributed by atoms with Gasteiger partial charge in [-0.25, -0.2) is 4.79 Å². The Morgan fingerprint density at radius 1 is 1.59 bits per heavy atom. The molecule has 0 aliphatic heterocycles. The Bertz CT molecular complexity index is 518. The highest BCUT2D eigenvalue weighted by Gasteiger charge is 2.15. The van der Waals surface area contributed by atoms with Crippen LogP contribution in [0.4, 0.5) is 5.69 Å². The molecule has 8 nitrogen and oxygen atoms in total. The minimum Gasteiger partial charge on any atom is -0.319 e. The summed E-state index contributed by atoms with van der Waals surface area (Å²) in [5, 5.41) is 13.5. The summed E-state index contributed by atoms with van der Waals surface area (Å²) in [5.74, 6) is 0.114. The highest BCUT2D eigenvalue weighted by Crippen LogP contribution is 2.02. The highest BCUT2D eigenvalue weighted by molar-refractivity contribution is 5.20. The zero-order valence-corrected chi connectivity index (χ0v) is 9.60. The second-order valence-corrected chi connectivity index (χ2v) is 3.85. The van der Waals surface area contributed by atoms with E-state index in [1.807, 2.05) is 11.9 Å². The molecule has 1 atom stereocenters. The van der Waals surface area contributed by atoms with Gasteiger partial charge in [-0.1, -0.05) is 6.92 Å². The van der Waals surface area contributed by atoms with Gasteiger partial charge < -0.3 is 5.32 Å². The fourth-order valence-corrected chi connectivity index (χ4v) is 1.51. The second kappa shape index (κ2) is 5.39. The van der Waals surface area contributed by atoms with E-state index >= 15 is 0 Å². The van der Waals surface area contributed by atoms with Crippen LogP contribution in [0.25, 0.3) is 0 Å². The summed E-state index contributed by atoms with van der Waals surface area (Å²) in [4.78, 5) is 34.2. The molecule has 1 unspecified atom stereocenters. The summed E-state index contributed by atoms with van der Waals surface area (Å²) in [7, 11) is 1.77. The Labute approximate surface area is 96.4 Å². The molecule has 0 saturated carbocycles. The van der Waals surface area contributed by atoms with Crippen LogP contribution in [0.5, 0.6) is 0 Å². The van der Waals surface area contributed by atoms with Crippen LogP contribution in [0.3, 0.4) is 0 Å². The average Bonchev–Trinajstić information content (AvgIpc) is 2.21. The van der Waals surface area contributed by atoms with Gasteiger partial charge in [0.1, 0.15) is 0 Å². The third-order valence-corrected chi connectivity index (χ3v) is 2.25. The van der Waals surface area contributed by atoms with E-state index in [2.05, 4.69) is 5.32 Å². The lowest BCUT2D eigenvalue weighted by molar-refractivity contribution is -0.386. The summed E-state index contributed by atoms with van der Waals surface area (Å²) >= 11 is 0. The fraction of sp³-hybridized carbons (Fsp3) is 0.556. The van der Waals surface area contributed by atoms with Gasteiger partial charge in [0.2, 0.25) is 0 Å². The number of aromatic amines is 1. The highest BCUT2D eigenvalue weighted by atomic mass is 16.6. The molecule has 1 heterocycles. The standard InChI is InChI=1S/C9H14N4O4/c1-6(3-10-2)4-12-5-7(13(16)17)8(14)11-9(12)15/h5-6,10H,3-4H2,1-2H3,(H,11,14,15). The van der Waals surface area contributed by atoms with E-state index in [1.165, 1.54) is 0 Å². The maximum Gasteiger partial charge on any atom is 0.350 e. The molecule has 17 heavy (non-hydrogen) atoms. The first kappa shape index (κ1) is 13.1. The van der Waals surface area contributed by atoms with Gasteiger partial charge in [0.15, 0.2) is 0 Å². The van der Waals surface area contributed by atoms with Gasteiger partial charge >= 0.3 is 16.9 Å². The van der Waals surface area contributed by atoms with Gasteiger partial charge in [-0.2, -0.15) is 0 Å². The zero-order valence-electron chi connectivity index (χ0n) is 9.60. The molecular formula is C9H14N4O4. The van der Waals surface area contributed by atoms with Crippen LogP contribution in [-0.2, 0) is 6.54 Å². The first-order valence-electron chi connectivity index (χ1n) is 5.08.